The zero-order chi connectivity index (χ0) is 41.9. The van der Waals surface area contributed by atoms with Crippen LogP contribution in [0.5, 0.6) is 0 Å². The number of morpholine rings is 1. The zero-order valence-corrected chi connectivity index (χ0v) is 35.0. The summed E-state index contributed by atoms with van der Waals surface area (Å²) in [5.74, 6) is -0.433. The Hall–Kier alpha value is -5.78. The van der Waals surface area contributed by atoms with Crippen LogP contribution >= 0.6 is 22.7 Å². The van der Waals surface area contributed by atoms with Crippen LogP contribution in [-0.4, -0.2) is 79.5 Å². The van der Waals surface area contributed by atoms with Crippen LogP contribution in [0.2, 0.25) is 0 Å². The maximum absolute atomic E-state index is 14.8. The quantitative estimate of drug-likeness (QED) is 0.150. The lowest BCUT2D eigenvalue weighted by atomic mass is 9.86. The minimum atomic E-state index is -0.760. The number of carbonyl (C=O) groups excluding carboxylic acids is 1. The largest absolute Gasteiger partial charge is 0.481 e. The van der Waals surface area contributed by atoms with Gasteiger partial charge in [-0.3, -0.25) is 19.6 Å². The Morgan fingerprint density at radius 2 is 1.23 bits per heavy atom. The third-order valence-electron chi connectivity index (χ3n) is 12.1. The van der Waals surface area contributed by atoms with E-state index in [1.54, 1.807) is 35.9 Å². The van der Waals surface area contributed by atoms with Crippen molar-refractivity contribution in [3.63, 3.8) is 0 Å². The molecular weight excluding hydrogens is 821 g/mol. The molecule has 17 heteroatoms. The molecule has 3 aliphatic heterocycles. The molecule has 0 radical (unpaired) electrons. The molecule has 13 nitrogen and oxygen atoms in total. The lowest BCUT2D eigenvalue weighted by Gasteiger charge is -2.37. The number of carboxylic acids is 1. The second kappa shape index (κ2) is 15.9. The molecule has 5 aliphatic rings. The Bertz CT molecular complexity index is 2810. The number of fused-ring (bicyclic) bond motifs is 8. The average molecular weight is 862 g/mol. The van der Waals surface area contributed by atoms with Gasteiger partial charge in [-0.1, -0.05) is 0 Å². The molecular formula is C44H41F2N9O4S2. The van der Waals surface area contributed by atoms with Crippen LogP contribution in [-0.2, 0) is 53.1 Å². The topological polar surface area (TPSA) is 167 Å². The average Bonchev–Trinajstić information content (AvgIpc) is 4.05. The van der Waals surface area contributed by atoms with Crippen LogP contribution < -0.4 is 10.6 Å². The monoisotopic (exact) mass is 861 g/mol. The summed E-state index contributed by atoms with van der Waals surface area (Å²) in [6, 6.07) is 6.57. The summed E-state index contributed by atoms with van der Waals surface area (Å²) >= 11 is 3.12. The molecule has 1 saturated heterocycles. The number of rotatable bonds is 6. The number of hydrogen-bond donors (Lipinski definition) is 3. The van der Waals surface area contributed by atoms with Crippen LogP contribution in [0.1, 0.15) is 69.8 Å². The number of thiophene rings is 2. The fraction of sp³-hybridized carbons (Fsp3) is 0.364. The van der Waals surface area contributed by atoms with E-state index in [2.05, 4.69) is 40.6 Å². The molecule has 0 spiro atoms. The molecule has 1 amide bonds. The minimum Gasteiger partial charge on any atom is -0.481 e. The highest BCUT2D eigenvalue weighted by Gasteiger charge is 2.35. The number of anilines is 4. The standard InChI is InChI=1S/C25H26FN5O2S.C19H15FN4O2S/c1-13-10-31(11-14(2)33-13)25(32)15-3-4-18-21(7-15)34-24-22(18)23(28-12-29-24)30-20-6-17-9-27-8-16(17)5-19(20)26;20-13-3-10-6-21-7-11(10)4-14(13)24-17-16-12-2-1-9(19(25)26)5-15(12)27-18(16)23-8-22-17/h5-6,9,12-15H,3-4,7-8,10-11H2,1-2H3,(H,28,29,30);3-4,7-9H,1-2,5-6H2,(H,25,26)(H,22,23,24)/t13-,14-,15+;9-/m10/s1. The number of hydrogen-bond acceptors (Lipinski definition) is 13. The van der Waals surface area contributed by atoms with Gasteiger partial charge in [0.2, 0.25) is 5.91 Å². The Morgan fingerprint density at radius 3 is 1.74 bits per heavy atom. The Labute approximate surface area is 357 Å². The number of benzene rings is 2. The summed E-state index contributed by atoms with van der Waals surface area (Å²) in [7, 11) is 0. The highest BCUT2D eigenvalue weighted by molar-refractivity contribution is 7.19. The number of aromatic nitrogens is 4. The number of carboxylic acid groups (broad SMARTS) is 1. The SMILES string of the molecule is C[C@@H]1CN(C(=O)[C@H]2CCc3c(sc4ncnc(Nc5cc6c(cc5F)CN=C6)c34)C2)C[C@@H](C)O1.O=C(O)[C@H]1CCc2c(sc3ncnc(Nc4cc5c(cc4F)CN=C5)c23)C1. The fourth-order valence-corrected chi connectivity index (χ4v) is 11.7. The molecule has 6 aromatic rings. The summed E-state index contributed by atoms with van der Waals surface area (Å²) in [5, 5.41) is 17.4. The van der Waals surface area contributed by atoms with Gasteiger partial charge in [0.25, 0.3) is 0 Å². The number of nitrogens with zero attached hydrogens (tertiary/aromatic N) is 7. The molecule has 0 saturated carbocycles. The number of carbonyl (C=O) groups is 2. The number of aryl methyl sites for hydroxylation is 2. The number of ether oxygens (including phenoxy) is 1. The van der Waals surface area contributed by atoms with E-state index in [4.69, 9.17) is 4.74 Å². The Kier molecular flexibility index (Phi) is 10.3. The predicted molar refractivity (Wildman–Crippen MR) is 232 cm³/mol. The highest BCUT2D eigenvalue weighted by atomic mass is 32.1. The van der Waals surface area contributed by atoms with Gasteiger partial charge in [0.15, 0.2) is 0 Å². The third-order valence-corrected chi connectivity index (χ3v) is 14.4. The molecule has 61 heavy (non-hydrogen) atoms. The van der Waals surface area contributed by atoms with Gasteiger partial charge in [0.05, 0.1) is 53.4 Å². The number of aliphatic carboxylic acids is 1. The van der Waals surface area contributed by atoms with Crippen molar-refractivity contribution in [3.05, 3.63) is 91.7 Å². The summed E-state index contributed by atoms with van der Waals surface area (Å²) in [5.41, 5.74) is 6.59. The lowest BCUT2D eigenvalue weighted by Crippen LogP contribution is -2.50. The number of nitrogens with one attached hydrogen (secondary N) is 2. The van der Waals surface area contributed by atoms with Crippen LogP contribution in [0.3, 0.4) is 0 Å². The van der Waals surface area contributed by atoms with E-state index in [0.717, 1.165) is 66.0 Å². The first kappa shape index (κ1) is 39.4. The molecule has 7 heterocycles. The Morgan fingerprint density at radius 1 is 0.738 bits per heavy atom. The molecule has 0 bridgehead atoms. The van der Waals surface area contributed by atoms with E-state index in [-0.39, 0.29) is 41.6 Å². The molecule has 1 fully saturated rings. The molecule has 4 aromatic heterocycles. The van der Waals surface area contributed by atoms with Crippen LogP contribution in [0.15, 0.2) is 46.9 Å². The molecule has 11 rings (SSSR count). The molecule has 312 valence electrons. The van der Waals surface area contributed by atoms with Gasteiger partial charge in [0.1, 0.15) is 45.6 Å². The summed E-state index contributed by atoms with van der Waals surface area (Å²) in [4.78, 5) is 56.5. The lowest BCUT2D eigenvalue weighted by molar-refractivity contribution is -0.147. The van der Waals surface area contributed by atoms with E-state index in [9.17, 15) is 23.5 Å². The van der Waals surface area contributed by atoms with Gasteiger partial charge in [-0.2, -0.15) is 0 Å². The predicted octanol–water partition coefficient (Wildman–Crippen LogP) is 7.94. The summed E-state index contributed by atoms with van der Waals surface area (Å²) in [6.45, 7) is 6.36. The smallest absolute Gasteiger partial charge is 0.306 e. The van der Waals surface area contributed by atoms with Crippen molar-refractivity contribution in [3.8, 4) is 0 Å². The van der Waals surface area contributed by atoms with Gasteiger partial charge in [0, 0.05) is 41.2 Å². The van der Waals surface area contributed by atoms with Crippen LogP contribution in [0.25, 0.3) is 20.4 Å². The number of halogens is 2. The molecule has 4 atom stereocenters. The van der Waals surface area contributed by atoms with Crippen molar-refractivity contribution in [1.29, 1.82) is 0 Å². The normalized spacial score (nSPS) is 21.1. The van der Waals surface area contributed by atoms with E-state index < -0.39 is 5.97 Å². The van der Waals surface area contributed by atoms with E-state index in [1.165, 1.54) is 46.6 Å². The van der Waals surface area contributed by atoms with E-state index >= 15 is 0 Å². The van der Waals surface area contributed by atoms with Crippen molar-refractivity contribution in [2.24, 2.45) is 21.8 Å². The van der Waals surface area contributed by atoms with E-state index in [0.29, 0.717) is 74.9 Å². The molecule has 3 N–H and O–H groups in total. The first-order chi connectivity index (χ1) is 29.6. The summed E-state index contributed by atoms with van der Waals surface area (Å²) in [6.07, 6.45) is 10.6. The first-order valence-corrected chi connectivity index (χ1v) is 22.1. The molecule has 2 aliphatic carbocycles. The van der Waals surface area contributed by atoms with Gasteiger partial charge >= 0.3 is 5.97 Å². The van der Waals surface area contributed by atoms with Crippen LogP contribution in [0.4, 0.5) is 31.8 Å². The number of amides is 1. The minimum absolute atomic E-state index is 0.0316. The van der Waals surface area contributed by atoms with Gasteiger partial charge in [-0.05, 0) is 110 Å². The van der Waals surface area contributed by atoms with Crippen molar-refractivity contribution >= 4 is 90.4 Å². The first-order valence-electron chi connectivity index (χ1n) is 20.4. The van der Waals surface area contributed by atoms with Crippen molar-refractivity contribution in [2.45, 2.75) is 77.7 Å². The zero-order valence-electron chi connectivity index (χ0n) is 33.4. The van der Waals surface area contributed by atoms with Gasteiger partial charge in [-0.15, -0.1) is 22.7 Å². The summed E-state index contributed by atoms with van der Waals surface area (Å²) < 4.78 is 35.1. The van der Waals surface area contributed by atoms with Gasteiger partial charge < -0.3 is 25.4 Å². The third kappa shape index (κ3) is 7.52. The second-order valence-electron chi connectivity index (χ2n) is 16.3. The van der Waals surface area contributed by atoms with Crippen molar-refractivity contribution in [1.82, 2.24) is 24.8 Å². The van der Waals surface area contributed by atoms with E-state index in [1.807, 2.05) is 18.7 Å². The molecule has 0 unspecified atom stereocenters. The number of aliphatic imine (C=N–C) groups is 2. The van der Waals surface area contributed by atoms with Gasteiger partial charge in [-0.25, -0.2) is 28.7 Å². The maximum Gasteiger partial charge on any atom is 0.306 e. The Balaban J connectivity index is 0.000000150. The highest BCUT2D eigenvalue weighted by Crippen LogP contribution is 2.43. The second-order valence-corrected chi connectivity index (χ2v) is 18.4. The van der Waals surface area contributed by atoms with Crippen LogP contribution in [0, 0.1) is 23.5 Å². The van der Waals surface area contributed by atoms with Crippen molar-refractivity contribution < 1.29 is 28.2 Å². The maximum atomic E-state index is 14.8. The fourth-order valence-electron chi connectivity index (χ4n) is 9.16. The molecule has 2 aromatic carbocycles. The van der Waals surface area contributed by atoms with Crippen molar-refractivity contribution in [2.75, 3.05) is 23.7 Å².